The minimum atomic E-state index is -0.176. The molecule has 0 amide bonds. The van der Waals surface area contributed by atoms with Gasteiger partial charge in [0.05, 0.1) is 13.1 Å². The molecule has 1 unspecified atom stereocenters. The number of guanidine groups is 1. The molecule has 28 heavy (non-hydrogen) atoms. The Bertz CT molecular complexity index is 797. The number of halogens is 1. The van der Waals surface area contributed by atoms with Crippen molar-refractivity contribution in [3.8, 4) is 5.75 Å². The molecule has 3 rings (SSSR count). The molecular formula is C22H29FN4O. The predicted molar refractivity (Wildman–Crippen MR) is 111 cm³/mol. The molecule has 0 radical (unpaired) electrons. The molecule has 0 aromatic heterocycles. The van der Waals surface area contributed by atoms with Crippen molar-refractivity contribution in [1.29, 1.82) is 0 Å². The Hall–Kier alpha value is -2.60. The summed E-state index contributed by atoms with van der Waals surface area (Å²) in [6.45, 7) is 4.54. The first kappa shape index (κ1) is 20.1. The molecule has 1 atom stereocenters. The first-order chi connectivity index (χ1) is 13.5. The van der Waals surface area contributed by atoms with Crippen LogP contribution in [0.5, 0.6) is 5.75 Å². The van der Waals surface area contributed by atoms with E-state index >= 15 is 0 Å². The highest BCUT2D eigenvalue weighted by atomic mass is 19.1. The number of rotatable bonds is 7. The van der Waals surface area contributed by atoms with E-state index in [9.17, 15) is 4.39 Å². The summed E-state index contributed by atoms with van der Waals surface area (Å²) < 4.78 is 19.9. The van der Waals surface area contributed by atoms with Crippen LogP contribution >= 0.6 is 0 Å². The zero-order valence-corrected chi connectivity index (χ0v) is 16.8. The number of fused-ring (bicyclic) bond motifs is 1. The molecule has 0 saturated heterocycles. The van der Waals surface area contributed by atoms with E-state index < -0.39 is 0 Å². The lowest BCUT2D eigenvalue weighted by molar-refractivity contribution is 0.235. The third kappa shape index (κ3) is 5.45. The van der Waals surface area contributed by atoms with Gasteiger partial charge in [0.25, 0.3) is 0 Å². The fraction of sp³-hybridized carbons (Fsp3) is 0.409. The minimum Gasteiger partial charge on any atom is -0.488 e. The largest absolute Gasteiger partial charge is 0.488 e. The maximum atomic E-state index is 14.0. The van der Waals surface area contributed by atoms with Crippen molar-refractivity contribution in [2.75, 3.05) is 27.2 Å². The SMILES string of the molecule is CCNC(=NCc1ccc(F)c(CN(C)C)c1)NCC1Cc2ccccc2O1. The highest BCUT2D eigenvalue weighted by Crippen LogP contribution is 2.27. The van der Waals surface area contributed by atoms with Gasteiger partial charge in [0.15, 0.2) is 5.96 Å². The maximum Gasteiger partial charge on any atom is 0.191 e. The van der Waals surface area contributed by atoms with E-state index in [4.69, 9.17) is 4.74 Å². The van der Waals surface area contributed by atoms with E-state index in [1.807, 2.05) is 50.2 Å². The van der Waals surface area contributed by atoms with Gasteiger partial charge in [0.2, 0.25) is 0 Å². The van der Waals surface area contributed by atoms with Crippen LogP contribution < -0.4 is 15.4 Å². The number of aliphatic imine (C=N–C) groups is 1. The van der Waals surface area contributed by atoms with Gasteiger partial charge in [-0.05, 0) is 50.3 Å². The normalized spacial score (nSPS) is 16.0. The summed E-state index contributed by atoms with van der Waals surface area (Å²) in [7, 11) is 3.86. The number of para-hydroxylation sites is 1. The van der Waals surface area contributed by atoms with E-state index in [1.165, 1.54) is 11.6 Å². The second-order valence-electron chi connectivity index (χ2n) is 7.29. The number of ether oxygens (including phenoxy) is 1. The van der Waals surface area contributed by atoms with Gasteiger partial charge in [-0.2, -0.15) is 0 Å². The summed E-state index contributed by atoms with van der Waals surface area (Å²) in [5, 5.41) is 6.61. The van der Waals surface area contributed by atoms with Gasteiger partial charge >= 0.3 is 0 Å². The molecule has 6 heteroatoms. The van der Waals surface area contributed by atoms with Gasteiger partial charge < -0.3 is 20.3 Å². The van der Waals surface area contributed by atoms with Gasteiger partial charge in [0.1, 0.15) is 17.7 Å². The molecule has 0 aliphatic carbocycles. The quantitative estimate of drug-likeness (QED) is 0.569. The van der Waals surface area contributed by atoms with Crippen LogP contribution in [-0.2, 0) is 19.5 Å². The monoisotopic (exact) mass is 384 g/mol. The predicted octanol–water partition coefficient (Wildman–Crippen LogP) is 2.95. The Labute approximate surface area is 166 Å². The number of nitrogens with zero attached hydrogens (tertiary/aromatic N) is 2. The molecule has 5 nitrogen and oxygen atoms in total. The lowest BCUT2D eigenvalue weighted by Gasteiger charge is -2.16. The molecule has 2 aromatic rings. The second-order valence-corrected chi connectivity index (χ2v) is 7.29. The third-order valence-electron chi connectivity index (χ3n) is 4.57. The van der Waals surface area contributed by atoms with E-state index in [0.29, 0.717) is 25.2 Å². The molecule has 2 N–H and O–H groups in total. The lowest BCUT2D eigenvalue weighted by Crippen LogP contribution is -2.42. The van der Waals surface area contributed by atoms with Crippen LogP contribution in [0.3, 0.4) is 0 Å². The Balaban J connectivity index is 1.59. The number of hydrogen-bond donors (Lipinski definition) is 2. The van der Waals surface area contributed by atoms with Crippen LogP contribution in [0, 0.1) is 5.82 Å². The third-order valence-corrected chi connectivity index (χ3v) is 4.57. The highest BCUT2D eigenvalue weighted by Gasteiger charge is 2.22. The molecule has 1 aliphatic heterocycles. The first-order valence-corrected chi connectivity index (χ1v) is 9.74. The van der Waals surface area contributed by atoms with Crippen LogP contribution in [0.2, 0.25) is 0 Å². The first-order valence-electron chi connectivity index (χ1n) is 9.74. The number of hydrogen-bond acceptors (Lipinski definition) is 3. The molecule has 1 heterocycles. The molecule has 2 aromatic carbocycles. The van der Waals surface area contributed by atoms with Crippen molar-refractivity contribution >= 4 is 5.96 Å². The van der Waals surface area contributed by atoms with Gasteiger partial charge in [0, 0.05) is 25.1 Å². The van der Waals surface area contributed by atoms with E-state index in [1.54, 1.807) is 6.07 Å². The van der Waals surface area contributed by atoms with Gasteiger partial charge in [-0.1, -0.05) is 24.3 Å². The summed E-state index contributed by atoms with van der Waals surface area (Å²) >= 11 is 0. The summed E-state index contributed by atoms with van der Waals surface area (Å²) in [5.41, 5.74) is 2.92. The summed E-state index contributed by atoms with van der Waals surface area (Å²) in [6, 6.07) is 13.3. The Kier molecular flexibility index (Phi) is 6.87. The van der Waals surface area contributed by atoms with Crippen molar-refractivity contribution in [3.05, 3.63) is 65.0 Å². The molecule has 150 valence electrons. The molecule has 0 spiro atoms. The Morgan fingerprint density at radius 3 is 2.79 bits per heavy atom. The molecular weight excluding hydrogens is 355 g/mol. The fourth-order valence-corrected chi connectivity index (χ4v) is 3.28. The standard InChI is InChI=1S/C22H29FN4O/c1-4-24-22(26-14-19-12-17-7-5-6-8-21(17)28-19)25-13-16-9-10-20(23)18(11-16)15-27(2)3/h5-11,19H,4,12-15H2,1-3H3,(H2,24,25,26). The average molecular weight is 384 g/mol. The van der Waals surface area contributed by atoms with Gasteiger partial charge in [-0.15, -0.1) is 0 Å². The average Bonchev–Trinajstić information content (AvgIpc) is 3.09. The van der Waals surface area contributed by atoms with Crippen LogP contribution in [-0.4, -0.2) is 44.1 Å². The smallest absolute Gasteiger partial charge is 0.191 e. The van der Waals surface area contributed by atoms with Crippen LogP contribution in [0.15, 0.2) is 47.5 Å². The second kappa shape index (κ2) is 9.55. The summed E-state index contributed by atoms with van der Waals surface area (Å²) in [6.07, 6.45) is 0.993. The van der Waals surface area contributed by atoms with Gasteiger partial charge in [-0.25, -0.2) is 9.38 Å². The summed E-state index contributed by atoms with van der Waals surface area (Å²) in [5.74, 6) is 1.53. The minimum absolute atomic E-state index is 0.0961. The van der Waals surface area contributed by atoms with E-state index in [0.717, 1.165) is 30.2 Å². The molecule has 0 fully saturated rings. The van der Waals surface area contributed by atoms with Gasteiger partial charge in [-0.3, -0.25) is 0 Å². The lowest BCUT2D eigenvalue weighted by atomic mass is 10.1. The topological polar surface area (TPSA) is 48.9 Å². The number of nitrogens with one attached hydrogen (secondary N) is 2. The molecule has 0 saturated carbocycles. The zero-order chi connectivity index (χ0) is 19.9. The van der Waals surface area contributed by atoms with Crippen molar-refractivity contribution in [2.24, 2.45) is 4.99 Å². The highest BCUT2D eigenvalue weighted by molar-refractivity contribution is 5.79. The van der Waals surface area contributed by atoms with Crippen molar-refractivity contribution < 1.29 is 9.13 Å². The summed E-state index contributed by atoms with van der Waals surface area (Å²) in [4.78, 5) is 6.60. The van der Waals surface area contributed by atoms with E-state index in [-0.39, 0.29) is 11.9 Å². The Morgan fingerprint density at radius 2 is 2.04 bits per heavy atom. The molecule has 0 bridgehead atoms. The zero-order valence-electron chi connectivity index (χ0n) is 16.8. The van der Waals surface area contributed by atoms with Crippen LogP contribution in [0.25, 0.3) is 0 Å². The van der Waals surface area contributed by atoms with Crippen LogP contribution in [0.1, 0.15) is 23.6 Å². The maximum absolute atomic E-state index is 14.0. The fourth-order valence-electron chi connectivity index (χ4n) is 3.28. The van der Waals surface area contributed by atoms with Crippen molar-refractivity contribution in [1.82, 2.24) is 15.5 Å². The van der Waals surface area contributed by atoms with Crippen LogP contribution in [0.4, 0.5) is 4.39 Å². The van der Waals surface area contributed by atoms with Crippen molar-refractivity contribution in [2.45, 2.75) is 32.5 Å². The number of benzene rings is 2. The van der Waals surface area contributed by atoms with E-state index in [2.05, 4.69) is 21.7 Å². The molecule has 1 aliphatic rings. The van der Waals surface area contributed by atoms with Crippen molar-refractivity contribution in [3.63, 3.8) is 0 Å². The Morgan fingerprint density at radius 1 is 1.21 bits per heavy atom.